The fourth-order valence-corrected chi connectivity index (χ4v) is 3.06. The summed E-state index contributed by atoms with van der Waals surface area (Å²) in [6.45, 7) is 9.03. The molecule has 0 spiro atoms. The normalized spacial score (nSPS) is 17.4. The van der Waals surface area contributed by atoms with E-state index in [4.69, 9.17) is 5.11 Å². The average molecular weight is 287 g/mol. The number of aliphatic carboxylic acids is 1. The highest BCUT2D eigenvalue weighted by atomic mass is 16.4. The summed E-state index contributed by atoms with van der Waals surface area (Å²) in [5.41, 5.74) is 2.49. The maximum absolute atomic E-state index is 10.7. The third-order valence-electron chi connectivity index (χ3n) is 4.40. The van der Waals surface area contributed by atoms with E-state index >= 15 is 0 Å². The van der Waals surface area contributed by atoms with Crippen LogP contribution in [0.25, 0.3) is 6.08 Å². The van der Waals surface area contributed by atoms with E-state index in [0.29, 0.717) is 5.41 Å². The number of nitrogens with zero attached hydrogens (tertiary/aromatic N) is 1. The zero-order chi connectivity index (χ0) is 15.5. The number of benzene rings is 1. The Morgan fingerprint density at radius 2 is 1.86 bits per heavy atom. The van der Waals surface area contributed by atoms with E-state index in [9.17, 15) is 4.79 Å². The lowest BCUT2D eigenvalue weighted by Gasteiger charge is -2.40. The van der Waals surface area contributed by atoms with E-state index in [1.807, 2.05) is 18.2 Å². The molecular weight excluding hydrogens is 262 g/mol. The number of hydrogen-bond acceptors (Lipinski definition) is 2. The highest BCUT2D eigenvalue weighted by Gasteiger charge is 2.29. The van der Waals surface area contributed by atoms with Crippen molar-refractivity contribution in [3.05, 3.63) is 35.9 Å². The molecule has 1 aliphatic rings. The van der Waals surface area contributed by atoms with Crippen LogP contribution in [0.15, 0.2) is 30.3 Å². The molecule has 1 aliphatic heterocycles. The predicted octanol–water partition coefficient (Wildman–Crippen LogP) is 4.05. The Hall–Kier alpha value is -1.77. The largest absolute Gasteiger partial charge is 0.478 e. The Labute approximate surface area is 127 Å². The Morgan fingerprint density at radius 1 is 1.24 bits per heavy atom. The SMILES string of the molecule is CC(C)(C)C1CCN(c2ccccc2C=CC(=O)O)CC1. The van der Waals surface area contributed by atoms with Crippen LogP contribution in [-0.2, 0) is 4.79 Å². The van der Waals surface area contributed by atoms with Crippen molar-refractivity contribution in [3.8, 4) is 0 Å². The van der Waals surface area contributed by atoms with Crippen LogP contribution in [-0.4, -0.2) is 24.2 Å². The second kappa shape index (κ2) is 6.33. The molecule has 0 saturated carbocycles. The van der Waals surface area contributed by atoms with E-state index in [0.717, 1.165) is 30.3 Å². The van der Waals surface area contributed by atoms with Gasteiger partial charge in [0.15, 0.2) is 0 Å². The molecule has 1 aromatic carbocycles. The number of anilines is 1. The third kappa shape index (κ3) is 4.10. The van der Waals surface area contributed by atoms with Gasteiger partial charge in [0.25, 0.3) is 0 Å². The molecule has 0 unspecified atom stereocenters. The van der Waals surface area contributed by atoms with Gasteiger partial charge in [0.2, 0.25) is 0 Å². The van der Waals surface area contributed by atoms with Crippen molar-refractivity contribution in [2.75, 3.05) is 18.0 Å². The zero-order valence-corrected chi connectivity index (χ0v) is 13.2. The fraction of sp³-hybridized carbons (Fsp3) is 0.500. The van der Waals surface area contributed by atoms with E-state index in [2.05, 4.69) is 31.7 Å². The summed E-state index contributed by atoms with van der Waals surface area (Å²) in [6, 6.07) is 8.03. The Morgan fingerprint density at radius 3 is 2.43 bits per heavy atom. The molecule has 3 heteroatoms. The van der Waals surface area contributed by atoms with Crippen LogP contribution in [0.2, 0.25) is 0 Å². The fourth-order valence-electron chi connectivity index (χ4n) is 3.06. The number of piperidine rings is 1. The first kappa shape index (κ1) is 15.6. The number of carbonyl (C=O) groups is 1. The molecular formula is C18H25NO2. The van der Waals surface area contributed by atoms with Gasteiger partial charge in [-0.1, -0.05) is 39.0 Å². The number of carboxylic acid groups (broad SMARTS) is 1. The van der Waals surface area contributed by atoms with Gasteiger partial charge in [0.05, 0.1) is 0 Å². The Balaban J connectivity index is 2.12. The van der Waals surface area contributed by atoms with Crippen LogP contribution >= 0.6 is 0 Å². The Bertz CT molecular complexity index is 520. The minimum absolute atomic E-state index is 0.370. The van der Waals surface area contributed by atoms with Gasteiger partial charge < -0.3 is 10.0 Å². The van der Waals surface area contributed by atoms with Crippen molar-refractivity contribution in [3.63, 3.8) is 0 Å². The molecule has 21 heavy (non-hydrogen) atoms. The van der Waals surface area contributed by atoms with Gasteiger partial charge in [-0.25, -0.2) is 4.79 Å². The molecule has 1 fully saturated rings. The molecule has 0 atom stereocenters. The van der Waals surface area contributed by atoms with Crippen molar-refractivity contribution >= 4 is 17.7 Å². The quantitative estimate of drug-likeness (QED) is 0.853. The average Bonchev–Trinajstić information content (AvgIpc) is 2.44. The predicted molar refractivity (Wildman–Crippen MR) is 87.5 cm³/mol. The van der Waals surface area contributed by atoms with Crippen LogP contribution in [0, 0.1) is 11.3 Å². The Kier molecular flexibility index (Phi) is 4.71. The number of carboxylic acids is 1. The molecule has 3 nitrogen and oxygen atoms in total. The first-order valence-electron chi connectivity index (χ1n) is 7.63. The van der Waals surface area contributed by atoms with E-state index in [1.54, 1.807) is 6.08 Å². The highest BCUT2D eigenvalue weighted by molar-refractivity contribution is 5.87. The second-order valence-electron chi connectivity index (χ2n) is 6.86. The van der Waals surface area contributed by atoms with Crippen molar-refractivity contribution < 1.29 is 9.90 Å². The van der Waals surface area contributed by atoms with Crippen molar-refractivity contribution in [1.29, 1.82) is 0 Å². The summed E-state index contributed by atoms with van der Waals surface area (Å²) in [5.74, 6) is -0.147. The summed E-state index contributed by atoms with van der Waals surface area (Å²) >= 11 is 0. The van der Waals surface area contributed by atoms with Crippen LogP contribution in [0.5, 0.6) is 0 Å². The summed E-state index contributed by atoms with van der Waals surface area (Å²) < 4.78 is 0. The summed E-state index contributed by atoms with van der Waals surface area (Å²) in [6.07, 6.45) is 5.29. The van der Waals surface area contributed by atoms with Gasteiger partial charge in [-0.15, -0.1) is 0 Å². The summed E-state index contributed by atoms with van der Waals surface area (Å²) in [5, 5.41) is 8.80. The summed E-state index contributed by atoms with van der Waals surface area (Å²) in [7, 11) is 0. The molecule has 0 amide bonds. The van der Waals surface area contributed by atoms with Crippen molar-refractivity contribution in [1.82, 2.24) is 0 Å². The first-order chi connectivity index (χ1) is 9.88. The molecule has 1 heterocycles. The van der Waals surface area contributed by atoms with Gasteiger partial charge >= 0.3 is 5.97 Å². The monoisotopic (exact) mass is 287 g/mol. The van der Waals surface area contributed by atoms with Crippen LogP contribution in [0.4, 0.5) is 5.69 Å². The second-order valence-corrected chi connectivity index (χ2v) is 6.86. The van der Waals surface area contributed by atoms with Gasteiger partial charge in [-0.3, -0.25) is 0 Å². The summed E-state index contributed by atoms with van der Waals surface area (Å²) in [4.78, 5) is 13.1. The van der Waals surface area contributed by atoms with Gasteiger partial charge in [-0.05, 0) is 41.9 Å². The van der Waals surface area contributed by atoms with E-state index in [-0.39, 0.29) is 0 Å². The van der Waals surface area contributed by atoms with E-state index < -0.39 is 5.97 Å². The molecule has 0 aromatic heterocycles. The maximum atomic E-state index is 10.7. The minimum Gasteiger partial charge on any atom is -0.478 e. The topological polar surface area (TPSA) is 40.5 Å². The van der Waals surface area contributed by atoms with Crippen LogP contribution in [0.1, 0.15) is 39.2 Å². The highest BCUT2D eigenvalue weighted by Crippen LogP contribution is 2.36. The lowest BCUT2D eigenvalue weighted by Crippen LogP contribution is -2.38. The smallest absolute Gasteiger partial charge is 0.328 e. The lowest BCUT2D eigenvalue weighted by molar-refractivity contribution is -0.131. The zero-order valence-electron chi connectivity index (χ0n) is 13.2. The van der Waals surface area contributed by atoms with Gasteiger partial charge in [0, 0.05) is 24.9 Å². The van der Waals surface area contributed by atoms with Gasteiger partial charge in [0.1, 0.15) is 0 Å². The minimum atomic E-state index is -0.906. The maximum Gasteiger partial charge on any atom is 0.328 e. The molecule has 2 rings (SSSR count). The molecule has 0 bridgehead atoms. The van der Waals surface area contributed by atoms with Crippen LogP contribution < -0.4 is 4.90 Å². The number of rotatable bonds is 3. The molecule has 1 aromatic rings. The molecule has 1 N–H and O–H groups in total. The third-order valence-corrected chi connectivity index (χ3v) is 4.40. The van der Waals surface area contributed by atoms with Crippen molar-refractivity contribution in [2.24, 2.45) is 11.3 Å². The van der Waals surface area contributed by atoms with Crippen LogP contribution in [0.3, 0.4) is 0 Å². The molecule has 0 aliphatic carbocycles. The van der Waals surface area contributed by atoms with Crippen molar-refractivity contribution in [2.45, 2.75) is 33.6 Å². The van der Waals surface area contributed by atoms with E-state index in [1.165, 1.54) is 18.9 Å². The number of hydrogen-bond donors (Lipinski definition) is 1. The molecule has 114 valence electrons. The number of para-hydroxylation sites is 1. The van der Waals surface area contributed by atoms with Gasteiger partial charge in [-0.2, -0.15) is 0 Å². The molecule has 0 radical (unpaired) electrons. The molecule has 1 saturated heterocycles. The lowest BCUT2D eigenvalue weighted by atomic mass is 9.75. The standard InChI is InChI=1S/C18H25NO2/c1-18(2,3)15-10-12-19(13-11-15)16-7-5-4-6-14(16)8-9-17(20)21/h4-9,15H,10-13H2,1-3H3,(H,20,21). The first-order valence-corrected chi connectivity index (χ1v) is 7.63.